The summed E-state index contributed by atoms with van der Waals surface area (Å²) in [5.74, 6) is -2.45. The van der Waals surface area contributed by atoms with Crippen LogP contribution in [0, 0.1) is 11.6 Å². The van der Waals surface area contributed by atoms with Crippen LogP contribution in [0.15, 0.2) is 42.5 Å². The van der Waals surface area contributed by atoms with E-state index in [-0.39, 0.29) is 30.7 Å². The number of benzene rings is 2. The van der Waals surface area contributed by atoms with E-state index in [1.54, 1.807) is 29.2 Å². The second-order valence-electron chi connectivity index (χ2n) is 8.59. The molecule has 0 aromatic heterocycles. The Labute approximate surface area is 196 Å². The average Bonchev–Trinajstić information content (AvgIpc) is 3.46. The number of hydrogen-bond donors (Lipinski definition) is 3. The van der Waals surface area contributed by atoms with Crippen molar-refractivity contribution in [2.24, 2.45) is 5.73 Å². The molecule has 0 radical (unpaired) electrons. The summed E-state index contributed by atoms with van der Waals surface area (Å²) >= 11 is 0. The van der Waals surface area contributed by atoms with Gasteiger partial charge in [-0.1, -0.05) is 12.1 Å². The van der Waals surface area contributed by atoms with Gasteiger partial charge in [0.25, 0.3) is 0 Å². The van der Waals surface area contributed by atoms with Gasteiger partial charge in [-0.3, -0.25) is 14.5 Å². The van der Waals surface area contributed by atoms with E-state index in [0.29, 0.717) is 49.4 Å². The quantitative estimate of drug-likeness (QED) is 0.576. The number of nitrogens with two attached hydrogens (primary N) is 1. The lowest BCUT2D eigenvalue weighted by Crippen LogP contribution is -2.45. The molecule has 0 spiro atoms. The second kappa shape index (κ2) is 10.2. The molecule has 2 aliphatic rings. The summed E-state index contributed by atoms with van der Waals surface area (Å²) in [6.45, 7) is 1.56. The van der Waals surface area contributed by atoms with Crippen molar-refractivity contribution in [1.82, 2.24) is 10.2 Å². The molecule has 8 nitrogen and oxygen atoms in total. The van der Waals surface area contributed by atoms with Crippen LogP contribution in [0.5, 0.6) is 0 Å². The van der Waals surface area contributed by atoms with Gasteiger partial charge in [0.2, 0.25) is 11.8 Å². The van der Waals surface area contributed by atoms with Crippen molar-refractivity contribution in [3.05, 3.63) is 59.7 Å². The molecule has 0 saturated carbocycles. The number of anilines is 2. The molecule has 2 atom stereocenters. The van der Waals surface area contributed by atoms with Gasteiger partial charge in [0, 0.05) is 43.5 Å². The summed E-state index contributed by atoms with van der Waals surface area (Å²) in [7, 11) is 0. The number of halogens is 2. The van der Waals surface area contributed by atoms with Crippen LogP contribution in [-0.2, 0) is 16.0 Å². The fourth-order valence-electron chi connectivity index (χ4n) is 4.42. The first kappa shape index (κ1) is 23.6. The summed E-state index contributed by atoms with van der Waals surface area (Å²) in [4.78, 5) is 40.9. The maximum absolute atomic E-state index is 13.4. The van der Waals surface area contributed by atoms with Crippen LogP contribution in [0.2, 0.25) is 0 Å². The van der Waals surface area contributed by atoms with E-state index in [1.165, 1.54) is 11.0 Å². The van der Waals surface area contributed by atoms with Crippen molar-refractivity contribution in [3.8, 4) is 0 Å². The third-order valence-corrected chi connectivity index (χ3v) is 6.08. The number of hydrogen-bond acceptors (Lipinski definition) is 4. The second-order valence-corrected chi connectivity index (χ2v) is 8.59. The number of rotatable bonds is 7. The topological polar surface area (TPSA) is 108 Å². The van der Waals surface area contributed by atoms with Crippen molar-refractivity contribution in [1.29, 1.82) is 0 Å². The molecule has 2 aliphatic heterocycles. The van der Waals surface area contributed by atoms with Gasteiger partial charge >= 0.3 is 6.03 Å². The molecule has 2 aromatic rings. The zero-order valence-electron chi connectivity index (χ0n) is 18.6. The highest BCUT2D eigenvalue weighted by atomic mass is 19.2. The summed E-state index contributed by atoms with van der Waals surface area (Å²) in [5.41, 5.74) is 7.81. The lowest BCUT2D eigenvalue weighted by atomic mass is 10.0. The Morgan fingerprint density at radius 1 is 1.15 bits per heavy atom. The van der Waals surface area contributed by atoms with E-state index in [4.69, 9.17) is 5.73 Å². The highest BCUT2D eigenvalue weighted by Gasteiger charge is 2.34. The molecule has 2 fully saturated rings. The maximum atomic E-state index is 13.4. The lowest BCUT2D eigenvalue weighted by molar-refractivity contribution is -0.136. The van der Waals surface area contributed by atoms with Crippen LogP contribution in [-0.4, -0.2) is 54.5 Å². The van der Waals surface area contributed by atoms with Crippen molar-refractivity contribution in [2.45, 2.75) is 37.8 Å². The van der Waals surface area contributed by atoms with Crippen molar-refractivity contribution in [2.75, 3.05) is 29.9 Å². The maximum Gasteiger partial charge on any atom is 0.321 e. The fourth-order valence-corrected chi connectivity index (χ4v) is 4.42. The number of amides is 4. The Kier molecular flexibility index (Phi) is 7.06. The monoisotopic (exact) mass is 471 g/mol. The number of urea groups is 1. The Balaban J connectivity index is 1.36. The van der Waals surface area contributed by atoms with E-state index >= 15 is 0 Å². The predicted octanol–water partition coefficient (Wildman–Crippen LogP) is 2.38. The first-order valence-corrected chi connectivity index (χ1v) is 11.3. The van der Waals surface area contributed by atoms with Gasteiger partial charge in [0.15, 0.2) is 11.6 Å². The Bertz CT molecular complexity index is 1100. The standard InChI is InChI=1S/C24H27F2N5O3/c25-19-7-6-15(12-20(19)26)11-16(27)13-22(32)31-9-2-5-21(31)23(33)29-17-3-1-4-18(14-17)30-10-8-28-24(30)34/h1,3-4,6-7,12,14,16,21H,2,5,8-11,13,27H2,(H,28,34)(H,29,33)/t16-,21+/m1/s1. The number of likely N-dealkylation sites (tertiary alicyclic amines) is 1. The number of nitrogens with one attached hydrogen (secondary N) is 2. The van der Waals surface area contributed by atoms with Gasteiger partial charge in [0.1, 0.15) is 6.04 Å². The molecule has 0 bridgehead atoms. The molecule has 4 rings (SSSR count). The zero-order valence-corrected chi connectivity index (χ0v) is 18.6. The molecular formula is C24H27F2N5O3. The lowest BCUT2D eigenvalue weighted by Gasteiger charge is -2.25. The van der Waals surface area contributed by atoms with Crippen molar-refractivity contribution in [3.63, 3.8) is 0 Å². The minimum absolute atomic E-state index is 0.0116. The predicted molar refractivity (Wildman–Crippen MR) is 123 cm³/mol. The molecule has 180 valence electrons. The van der Waals surface area contributed by atoms with E-state index < -0.39 is 23.7 Å². The highest BCUT2D eigenvalue weighted by molar-refractivity contribution is 5.99. The van der Waals surface area contributed by atoms with Crippen LogP contribution in [0.4, 0.5) is 25.0 Å². The number of nitrogens with zero attached hydrogens (tertiary/aromatic N) is 2. The highest BCUT2D eigenvalue weighted by Crippen LogP contribution is 2.24. The summed E-state index contributed by atoms with van der Waals surface area (Å²) in [6.07, 6.45) is 1.42. The minimum atomic E-state index is -0.957. The van der Waals surface area contributed by atoms with E-state index in [1.807, 2.05) is 0 Å². The van der Waals surface area contributed by atoms with Gasteiger partial charge in [-0.25, -0.2) is 13.6 Å². The molecule has 2 heterocycles. The molecule has 0 unspecified atom stereocenters. The van der Waals surface area contributed by atoms with Crippen molar-refractivity contribution < 1.29 is 23.2 Å². The normalized spacial score (nSPS) is 18.7. The Hall–Kier alpha value is -3.53. The minimum Gasteiger partial charge on any atom is -0.336 e. The Morgan fingerprint density at radius 2 is 1.97 bits per heavy atom. The molecule has 2 aromatic carbocycles. The van der Waals surface area contributed by atoms with Gasteiger partial charge in [-0.15, -0.1) is 0 Å². The van der Waals surface area contributed by atoms with E-state index in [9.17, 15) is 23.2 Å². The molecule has 0 aliphatic carbocycles. The third-order valence-electron chi connectivity index (χ3n) is 6.08. The first-order valence-electron chi connectivity index (χ1n) is 11.3. The summed E-state index contributed by atoms with van der Waals surface area (Å²) in [5, 5.41) is 5.59. The van der Waals surface area contributed by atoms with Crippen LogP contribution in [0.3, 0.4) is 0 Å². The molecule has 2 saturated heterocycles. The molecular weight excluding hydrogens is 444 g/mol. The summed E-state index contributed by atoms with van der Waals surface area (Å²) < 4.78 is 26.5. The molecule has 4 N–H and O–H groups in total. The largest absolute Gasteiger partial charge is 0.336 e. The van der Waals surface area contributed by atoms with Gasteiger partial charge in [-0.05, 0) is 55.2 Å². The van der Waals surface area contributed by atoms with Gasteiger partial charge in [0.05, 0.1) is 0 Å². The van der Waals surface area contributed by atoms with Crippen LogP contribution in [0.25, 0.3) is 0 Å². The molecule has 34 heavy (non-hydrogen) atoms. The number of carbonyl (C=O) groups excluding carboxylic acids is 3. The average molecular weight is 472 g/mol. The number of carbonyl (C=O) groups is 3. The van der Waals surface area contributed by atoms with Crippen molar-refractivity contribution >= 4 is 29.2 Å². The van der Waals surface area contributed by atoms with Crippen LogP contribution in [0.1, 0.15) is 24.8 Å². The smallest absolute Gasteiger partial charge is 0.321 e. The van der Waals surface area contributed by atoms with E-state index in [2.05, 4.69) is 10.6 Å². The third kappa shape index (κ3) is 5.33. The SMILES string of the molecule is N[C@@H](CC(=O)N1CCC[C@H]1C(=O)Nc1cccc(N2CCNC2=O)c1)Cc1ccc(F)c(F)c1. The van der Waals surface area contributed by atoms with Gasteiger partial charge < -0.3 is 21.3 Å². The van der Waals surface area contributed by atoms with Crippen LogP contribution < -0.4 is 21.3 Å². The van der Waals surface area contributed by atoms with Gasteiger partial charge in [-0.2, -0.15) is 0 Å². The summed E-state index contributed by atoms with van der Waals surface area (Å²) in [6, 6.07) is 9.15. The Morgan fingerprint density at radius 3 is 2.71 bits per heavy atom. The molecule has 10 heteroatoms. The van der Waals surface area contributed by atoms with E-state index in [0.717, 1.165) is 12.1 Å². The zero-order chi connectivity index (χ0) is 24.2. The van der Waals surface area contributed by atoms with Crippen LogP contribution >= 0.6 is 0 Å². The fraction of sp³-hybridized carbons (Fsp3) is 0.375. The first-order chi connectivity index (χ1) is 16.3. The molecule has 4 amide bonds.